The summed E-state index contributed by atoms with van der Waals surface area (Å²) in [7, 11) is 1.23. The molecule has 0 spiro atoms. The van der Waals surface area contributed by atoms with Gasteiger partial charge < -0.3 is 25.8 Å². The Kier molecular flexibility index (Phi) is 8.58. The van der Waals surface area contributed by atoms with E-state index in [1.54, 1.807) is 18.2 Å². The van der Waals surface area contributed by atoms with E-state index in [4.69, 9.17) is 10.5 Å². The molecule has 3 rings (SSSR count). The summed E-state index contributed by atoms with van der Waals surface area (Å²) < 4.78 is 39.6. The fourth-order valence-corrected chi connectivity index (χ4v) is 3.51. The summed E-state index contributed by atoms with van der Waals surface area (Å²) in [5, 5.41) is 5.29. The van der Waals surface area contributed by atoms with E-state index >= 15 is 0 Å². The van der Waals surface area contributed by atoms with Gasteiger partial charge in [0, 0.05) is 27.8 Å². The molecule has 0 atom stereocenters. The van der Waals surface area contributed by atoms with Gasteiger partial charge in [-0.25, -0.2) is 8.78 Å². The molecule has 0 saturated carbocycles. The second-order valence-electron chi connectivity index (χ2n) is 7.19. The van der Waals surface area contributed by atoms with Crippen LogP contribution in [-0.4, -0.2) is 24.9 Å². The van der Waals surface area contributed by atoms with E-state index in [0.29, 0.717) is 9.26 Å². The molecular formula is C24H20F2IN3O5. The first-order valence-electron chi connectivity index (χ1n) is 10.2. The van der Waals surface area contributed by atoms with Crippen molar-refractivity contribution in [3.63, 3.8) is 0 Å². The van der Waals surface area contributed by atoms with Crippen LogP contribution in [0.5, 0.6) is 11.5 Å². The highest BCUT2D eigenvalue weighted by atomic mass is 127. The Hall–Kier alpha value is -3.74. The summed E-state index contributed by atoms with van der Waals surface area (Å²) in [5.74, 6) is -3.28. The van der Waals surface area contributed by atoms with Crippen molar-refractivity contribution in [1.29, 1.82) is 0 Å². The molecule has 0 aliphatic heterocycles. The number of benzene rings is 3. The lowest BCUT2D eigenvalue weighted by molar-refractivity contribution is -0.141. The molecular weight excluding hydrogens is 575 g/mol. The smallest absolute Gasteiger partial charge is 0.306 e. The molecule has 182 valence electrons. The predicted octanol–water partition coefficient (Wildman–Crippen LogP) is 5.10. The van der Waals surface area contributed by atoms with Crippen LogP contribution in [-0.2, 0) is 14.3 Å². The van der Waals surface area contributed by atoms with E-state index in [0.717, 1.165) is 12.1 Å². The number of carbonyl (C=O) groups is 3. The van der Waals surface area contributed by atoms with Gasteiger partial charge in [0.05, 0.1) is 24.9 Å². The normalized spacial score (nSPS) is 10.4. The van der Waals surface area contributed by atoms with Crippen molar-refractivity contribution in [2.24, 2.45) is 5.73 Å². The van der Waals surface area contributed by atoms with Gasteiger partial charge in [-0.3, -0.25) is 14.4 Å². The van der Waals surface area contributed by atoms with Gasteiger partial charge in [0.1, 0.15) is 28.7 Å². The number of anilines is 3. The summed E-state index contributed by atoms with van der Waals surface area (Å²) in [6.45, 7) is 0. The number of nitrogens with two attached hydrogens (primary N) is 1. The zero-order chi connectivity index (χ0) is 25.5. The Morgan fingerprint density at radius 1 is 1.00 bits per heavy atom. The highest BCUT2D eigenvalue weighted by Gasteiger charge is 2.20. The standard InChI is InChI=1S/C24H20F2IN3O5/c1-34-22(32)8-7-21(31)29-15-3-2-4-16(12-15)35-20-10-13(25)9-19(23(20)24(28)33)30-18-6-5-14(27)11-17(18)26/h2-6,9-12,30H,7-8H2,1H3,(H2,28,33)(H,29,31). The quantitative estimate of drug-likeness (QED) is 0.234. The molecule has 3 aromatic carbocycles. The molecule has 0 fully saturated rings. The maximum Gasteiger partial charge on any atom is 0.306 e. The fourth-order valence-electron chi connectivity index (χ4n) is 3.06. The first kappa shape index (κ1) is 25.9. The molecule has 4 N–H and O–H groups in total. The summed E-state index contributed by atoms with van der Waals surface area (Å²) >= 11 is 1.94. The Morgan fingerprint density at radius 2 is 1.77 bits per heavy atom. The number of esters is 1. The fraction of sp³-hybridized carbons (Fsp3) is 0.125. The number of methoxy groups -OCH3 is 1. The number of amides is 2. The van der Waals surface area contributed by atoms with Gasteiger partial charge >= 0.3 is 5.97 Å². The van der Waals surface area contributed by atoms with Gasteiger partial charge in [-0.2, -0.15) is 0 Å². The second kappa shape index (κ2) is 11.6. The molecule has 11 heteroatoms. The first-order valence-corrected chi connectivity index (χ1v) is 11.2. The van der Waals surface area contributed by atoms with Gasteiger partial charge in [0.25, 0.3) is 5.91 Å². The molecule has 0 heterocycles. The first-order chi connectivity index (χ1) is 16.7. The number of primary amides is 1. The lowest BCUT2D eigenvalue weighted by atomic mass is 10.1. The third-order valence-corrected chi connectivity index (χ3v) is 5.31. The molecule has 0 bridgehead atoms. The van der Waals surface area contributed by atoms with Gasteiger partial charge in [0.15, 0.2) is 0 Å². The van der Waals surface area contributed by atoms with E-state index < -0.39 is 29.4 Å². The van der Waals surface area contributed by atoms with Crippen molar-refractivity contribution in [3.8, 4) is 11.5 Å². The number of carbonyl (C=O) groups excluding carboxylic acids is 3. The molecule has 0 saturated heterocycles. The van der Waals surface area contributed by atoms with Crippen LogP contribution in [0.1, 0.15) is 23.2 Å². The number of halogens is 3. The molecule has 0 aliphatic carbocycles. The lowest BCUT2D eigenvalue weighted by Crippen LogP contribution is -2.15. The molecule has 3 aromatic rings. The molecule has 0 aromatic heterocycles. The second-order valence-corrected chi connectivity index (χ2v) is 8.44. The van der Waals surface area contributed by atoms with Crippen molar-refractivity contribution in [2.45, 2.75) is 12.8 Å². The summed E-state index contributed by atoms with van der Waals surface area (Å²) in [6.07, 6.45) is -0.168. The van der Waals surface area contributed by atoms with Gasteiger partial charge in [0.2, 0.25) is 5.91 Å². The van der Waals surface area contributed by atoms with Crippen LogP contribution in [0.3, 0.4) is 0 Å². The van der Waals surface area contributed by atoms with Crippen LogP contribution in [0, 0.1) is 15.2 Å². The van der Waals surface area contributed by atoms with Crippen molar-refractivity contribution >= 4 is 57.4 Å². The maximum atomic E-state index is 14.4. The highest BCUT2D eigenvalue weighted by molar-refractivity contribution is 14.1. The van der Waals surface area contributed by atoms with E-state index in [2.05, 4.69) is 15.4 Å². The molecule has 0 radical (unpaired) electrons. The largest absolute Gasteiger partial charge is 0.469 e. The van der Waals surface area contributed by atoms with Gasteiger partial charge in [-0.1, -0.05) is 6.07 Å². The van der Waals surface area contributed by atoms with Crippen molar-refractivity contribution < 1.29 is 32.6 Å². The number of hydrogen-bond acceptors (Lipinski definition) is 6. The molecule has 0 unspecified atom stereocenters. The van der Waals surface area contributed by atoms with Crippen LogP contribution in [0.25, 0.3) is 0 Å². The number of nitrogens with one attached hydrogen (secondary N) is 2. The Labute approximate surface area is 212 Å². The summed E-state index contributed by atoms with van der Waals surface area (Å²) in [6, 6.07) is 12.4. The summed E-state index contributed by atoms with van der Waals surface area (Å²) in [5.41, 5.74) is 5.60. The van der Waals surface area contributed by atoms with E-state index in [-0.39, 0.29) is 41.3 Å². The third-order valence-electron chi connectivity index (χ3n) is 4.64. The number of hydrogen-bond donors (Lipinski definition) is 3. The molecule has 35 heavy (non-hydrogen) atoms. The lowest BCUT2D eigenvalue weighted by Gasteiger charge is -2.16. The van der Waals surface area contributed by atoms with Crippen molar-refractivity contribution in [3.05, 3.63) is 75.4 Å². The zero-order valence-electron chi connectivity index (χ0n) is 18.4. The minimum Gasteiger partial charge on any atom is -0.469 e. The van der Waals surface area contributed by atoms with Gasteiger partial charge in [-0.05, 0) is 59.0 Å². The average Bonchev–Trinajstić information content (AvgIpc) is 2.79. The Morgan fingerprint density at radius 3 is 2.46 bits per heavy atom. The summed E-state index contributed by atoms with van der Waals surface area (Å²) in [4.78, 5) is 35.5. The van der Waals surface area contributed by atoms with Crippen LogP contribution < -0.4 is 21.1 Å². The van der Waals surface area contributed by atoms with Crippen LogP contribution >= 0.6 is 22.6 Å². The van der Waals surface area contributed by atoms with Gasteiger partial charge in [-0.15, -0.1) is 0 Å². The van der Waals surface area contributed by atoms with E-state index in [1.165, 1.54) is 31.4 Å². The van der Waals surface area contributed by atoms with Crippen molar-refractivity contribution in [2.75, 3.05) is 17.7 Å². The molecule has 2 amide bonds. The Balaban J connectivity index is 1.86. The number of rotatable bonds is 9. The average molecular weight is 595 g/mol. The molecule has 0 aliphatic rings. The zero-order valence-corrected chi connectivity index (χ0v) is 20.5. The minimum absolute atomic E-state index is 0.0149. The number of ether oxygens (including phenoxy) is 2. The maximum absolute atomic E-state index is 14.4. The molecule has 8 nitrogen and oxygen atoms in total. The monoisotopic (exact) mass is 595 g/mol. The van der Waals surface area contributed by atoms with Crippen LogP contribution in [0.15, 0.2) is 54.6 Å². The predicted molar refractivity (Wildman–Crippen MR) is 134 cm³/mol. The minimum atomic E-state index is -0.930. The van der Waals surface area contributed by atoms with Crippen LogP contribution in [0.4, 0.5) is 25.8 Å². The van der Waals surface area contributed by atoms with E-state index in [1.807, 2.05) is 22.6 Å². The SMILES string of the molecule is COC(=O)CCC(=O)Nc1cccc(Oc2cc(F)cc(Nc3ccc(I)cc3F)c2C(N)=O)c1. The van der Waals surface area contributed by atoms with Crippen molar-refractivity contribution in [1.82, 2.24) is 0 Å². The third kappa shape index (κ3) is 7.12. The van der Waals surface area contributed by atoms with E-state index in [9.17, 15) is 23.2 Å². The topological polar surface area (TPSA) is 120 Å². The van der Waals surface area contributed by atoms with Crippen LogP contribution in [0.2, 0.25) is 0 Å². The highest BCUT2D eigenvalue weighted by Crippen LogP contribution is 2.35. The Bertz CT molecular complexity index is 1290.